The van der Waals surface area contributed by atoms with E-state index in [1.54, 1.807) is 13.0 Å². The molecule has 0 saturated heterocycles. The van der Waals surface area contributed by atoms with E-state index in [0.717, 1.165) is 18.4 Å². The summed E-state index contributed by atoms with van der Waals surface area (Å²) in [5.41, 5.74) is 1.25. The summed E-state index contributed by atoms with van der Waals surface area (Å²) in [5.74, 6) is -0.116. The maximum absolute atomic E-state index is 12.8. The molecule has 1 nitrogen and oxygen atoms in total. The molecule has 14 heavy (non-hydrogen) atoms. The standard InChI is InChI=1S/C12H13FO/c1-8-7-9(13)3-4-10(8)11(14)12(2)5-6-12/h3-4,7H,5-6H2,1-2H3. The molecule has 0 amide bonds. The Bertz CT molecular complexity index is 391. The molecule has 1 saturated carbocycles. The van der Waals surface area contributed by atoms with Crippen LogP contribution in [0.4, 0.5) is 4.39 Å². The SMILES string of the molecule is Cc1cc(F)ccc1C(=O)C1(C)CC1. The number of ketones is 1. The van der Waals surface area contributed by atoms with Crippen molar-refractivity contribution in [3.8, 4) is 0 Å². The second kappa shape index (κ2) is 2.91. The highest BCUT2D eigenvalue weighted by molar-refractivity contribution is 6.03. The van der Waals surface area contributed by atoms with Gasteiger partial charge in [-0.05, 0) is 43.5 Å². The molecule has 0 radical (unpaired) electrons. The van der Waals surface area contributed by atoms with Gasteiger partial charge in [0.15, 0.2) is 5.78 Å². The molecule has 1 fully saturated rings. The molecule has 0 N–H and O–H groups in total. The Balaban J connectivity index is 2.37. The molecule has 1 aromatic carbocycles. The van der Waals surface area contributed by atoms with Crippen LogP contribution in [0.1, 0.15) is 35.7 Å². The second-order valence-corrected chi connectivity index (χ2v) is 4.35. The van der Waals surface area contributed by atoms with Gasteiger partial charge in [-0.1, -0.05) is 6.92 Å². The lowest BCUT2D eigenvalue weighted by Crippen LogP contribution is -2.13. The van der Waals surface area contributed by atoms with Gasteiger partial charge in [0.1, 0.15) is 5.82 Å². The van der Waals surface area contributed by atoms with Crippen molar-refractivity contribution in [3.63, 3.8) is 0 Å². The molecule has 0 aromatic heterocycles. The summed E-state index contributed by atoms with van der Waals surface area (Å²) < 4.78 is 12.8. The Morgan fingerprint density at radius 2 is 2.07 bits per heavy atom. The van der Waals surface area contributed by atoms with Gasteiger partial charge in [0, 0.05) is 11.0 Å². The Morgan fingerprint density at radius 1 is 1.43 bits per heavy atom. The molecule has 0 atom stereocenters. The maximum atomic E-state index is 12.8. The molecule has 2 rings (SSSR count). The zero-order valence-electron chi connectivity index (χ0n) is 8.43. The van der Waals surface area contributed by atoms with Gasteiger partial charge in [-0.3, -0.25) is 4.79 Å². The largest absolute Gasteiger partial charge is 0.294 e. The summed E-state index contributed by atoms with van der Waals surface area (Å²) in [4.78, 5) is 11.9. The van der Waals surface area contributed by atoms with E-state index in [4.69, 9.17) is 0 Å². The minimum Gasteiger partial charge on any atom is -0.294 e. The van der Waals surface area contributed by atoms with E-state index in [-0.39, 0.29) is 17.0 Å². The molecule has 74 valence electrons. The smallest absolute Gasteiger partial charge is 0.168 e. The summed E-state index contributed by atoms with van der Waals surface area (Å²) >= 11 is 0. The van der Waals surface area contributed by atoms with E-state index in [1.165, 1.54) is 12.1 Å². The van der Waals surface area contributed by atoms with E-state index in [9.17, 15) is 9.18 Å². The van der Waals surface area contributed by atoms with E-state index < -0.39 is 0 Å². The first-order chi connectivity index (χ1) is 6.53. The van der Waals surface area contributed by atoms with Gasteiger partial charge in [-0.15, -0.1) is 0 Å². The van der Waals surface area contributed by atoms with Crippen LogP contribution in [0, 0.1) is 18.2 Å². The van der Waals surface area contributed by atoms with Crippen LogP contribution in [0.5, 0.6) is 0 Å². The molecular formula is C12H13FO. The Kier molecular flexibility index (Phi) is 1.95. The molecule has 0 unspecified atom stereocenters. The van der Waals surface area contributed by atoms with E-state index >= 15 is 0 Å². The number of hydrogen-bond donors (Lipinski definition) is 0. The topological polar surface area (TPSA) is 17.1 Å². The van der Waals surface area contributed by atoms with Crippen LogP contribution in [0.25, 0.3) is 0 Å². The molecule has 1 aromatic rings. The minimum atomic E-state index is -0.278. The number of hydrogen-bond acceptors (Lipinski definition) is 1. The van der Waals surface area contributed by atoms with Gasteiger partial charge in [-0.25, -0.2) is 4.39 Å². The van der Waals surface area contributed by atoms with Gasteiger partial charge in [0.2, 0.25) is 0 Å². The first-order valence-electron chi connectivity index (χ1n) is 4.84. The molecule has 0 heterocycles. The fraction of sp³-hybridized carbons (Fsp3) is 0.417. The van der Waals surface area contributed by atoms with Crippen molar-refractivity contribution in [1.29, 1.82) is 0 Å². The Morgan fingerprint density at radius 3 is 2.57 bits per heavy atom. The maximum Gasteiger partial charge on any atom is 0.168 e. The van der Waals surface area contributed by atoms with Crippen LogP contribution in [0.2, 0.25) is 0 Å². The number of aryl methyl sites for hydroxylation is 1. The van der Waals surface area contributed by atoms with Crippen molar-refractivity contribution in [1.82, 2.24) is 0 Å². The normalized spacial score (nSPS) is 17.9. The number of halogens is 1. The highest BCUT2D eigenvalue weighted by Crippen LogP contribution is 2.47. The number of carbonyl (C=O) groups excluding carboxylic acids is 1. The summed E-state index contributed by atoms with van der Waals surface area (Å²) in [6.07, 6.45) is 1.92. The molecule has 0 bridgehead atoms. The predicted octanol–water partition coefficient (Wildman–Crippen LogP) is 3.12. The number of benzene rings is 1. The lowest BCUT2D eigenvalue weighted by atomic mass is 9.94. The highest BCUT2D eigenvalue weighted by atomic mass is 19.1. The van der Waals surface area contributed by atoms with Crippen LogP contribution in [-0.2, 0) is 0 Å². The summed E-state index contributed by atoms with van der Waals surface area (Å²) in [6, 6.07) is 4.36. The fourth-order valence-electron chi connectivity index (χ4n) is 1.62. The fourth-order valence-corrected chi connectivity index (χ4v) is 1.62. The van der Waals surface area contributed by atoms with Crippen LogP contribution >= 0.6 is 0 Å². The number of carbonyl (C=O) groups is 1. The first-order valence-corrected chi connectivity index (χ1v) is 4.84. The van der Waals surface area contributed by atoms with Crippen LogP contribution < -0.4 is 0 Å². The van der Waals surface area contributed by atoms with Crippen molar-refractivity contribution >= 4 is 5.78 Å². The Hall–Kier alpha value is -1.18. The van der Waals surface area contributed by atoms with Crippen molar-refractivity contribution in [2.24, 2.45) is 5.41 Å². The van der Waals surface area contributed by atoms with Crippen molar-refractivity contribution in [3.05, 3.63) is 35.1 Å². The molecular weight excluding hydrogens is 179 g/mol. The van der Waals surface area contributed by atoms with Crippen molar-refractivity contribution in [2.45, 2.75) is 26.7 Å². The average Bonchev–Trinajstić information content (AvgIpc) is 2.84. The van der Waals surface area contributed by atoms with Gasteiger partial charge >= 0.3 is 0 Å². The van der Waals surface area contributed by atoms with Gasteiger partial charge in [0.05, 0.1) is 0 Å². The van der Waals surface area contributed by atoms with Crippen LogP contribution in [0.15, 0.2) is 18.2 Å². The molecule has 1 aliphatic rings. The van der Waals surface area contributed by atoms with Gasteiger partial charge in [-0.2, -0.15) is 0 Å². The quantitative estimate of drug-likeness (QED) is 0.658. The predicted molar refractivity (Wildman–Crippen MR) is 52.8 cm³/mol. The summed E-state index contributed by atoms with van der Waals surface area (Å²) in [5, 5.41) is 0. The highest BCUT2D eigenvalue weighted by Gasteiger charge is 2.45. The monoisotopic (exact) mass is 192 g/mol. The first kappa shape index (κ1) is 9.38. The van der Waals surface area contributed by atoms with Gasteiger partial charge in [0.25, 0.3) is 0 Å². The molecule has 0 spiro atoms. The second-order valence-electron chi connectivity index (χ2n) is 4.35. The lowest BCUT2D eigenvalue weighted by molar-refractivity contribution is 0.0912. The van der Waals surface area contributed by atoms with Crippen LogP contribution in [-0.4, -0.2) is 5.78 Å². The number of Topliss-reactive ketones (excluding diaryl/α,β-unsaturated/α-hetero) is 1. The van der Waals surface area contributed by atoms with Crippen LogP contribution in [0.3, 0.4) is 0 Å². The van der Waals surface area contributed by atoms with Gasteiger partial charge < -0.3 is 0 Å². The number of rotatable bonds is 2. The third-order valence-electron chi connectivity index (χ3n) is 2.98. The van der Waals surface area contributed by atoms with Crippen molar-refractivity contribution in [2.75, 3.05) is 0 Å². The third-order valence-corrected chi connectivity index (χ3v) is 2.98. The third kappa shape index (κ3) is 1.45. The Labute approximate surface area is 82.9 Å². The van der Waals surface area contributed by atoms with E-state index in [1.807, 2.05) is 6.92 Å². The minimum absolute atomic E-state index is 0.162. The molecule has 1 aliphatic carbocycles. The summed E-state index contributed by atoms with van der Waals surface area (Å²) in [7, 11) is 0. The lowest BCUT2D eigenvalue weighted by Gasteiger charge is -2.09. The molecule has 0 aliphatic heterocycles. The zero-order valence-corrected chi connectivity index (χ0v) is 8.43. The summed E-state index contributed by atoms with van der Waals surface area (Å²) in [6.45, 7) is 3.75. The van der Waals surface area contributed by atoms with E-state index in [0.29, 0.717) is 5.56 Å². The zero-order chi connectivity index (χ0) is 10.3. The molecule has 2 heteroatoms. The average molecular weight is 192 g/mol. The van der Waals surface area contributed by atoms with E-state index in [2.05, 4.69) is 0 Å². The van der Waals surface area contributed by atoms with Crippen molar-refractivity contribution < 1.29 is 9.18 Å².